The summed E-state index contributed by atoms with van der Waals surface area (Å²) in [7, 11) is 1.49. The minimum Gasteiger partial charge on any atom is -0.444 e. The quantitative estimate of drug-likeness (QED) is 0.513. The van der Waals surface area contributed by atoms with E-state index in [0.29, 0.717) is 24.1 Å². The molecule has 1 fully saturated rings. The first kappa shape index (κ1) is 29.0. The third kappa shape index (κ3) is 5.97. The van der Waals surface area contributed by atoms with Crippen LogP contribution in [-0.4, -0.2) is 54.2 Å². The number of benzene rings is 1. The molecule has 1 aromatic heterocycles. The molecule has 0 spiro atoms. The van der Waals surface area contributed by atoms with E-state index in [1.165, 1.54) is 18.0 Å². The van der Waals surface area contributed by atoms with Crippen molar-refractivity contribution in [2.75, 3.05) is 18.6 Å². The maximum Gasteiger partial charge on any atom is 0.407 e. The Morgan fingerprint density at radius 2 is 1.82 bits per heavy atom. The van der Waals surface area contributed by atoms with E-state index in [0.717, 1.165) is 0 Å². The van der Waals surface area contributed by atoms with Crippen LogP contribution in [0.25, 0.3) is 0 Å². The van der Waals surface area contributed by atoms with Crippen molar-refractivity contribution in [1.82, 2.24) is 10.3 Å². The summed E-state index contributed by atoms with van der Waals surface area (Å²) in [6.45, 7) is 10.8. The van der Waals surface area contributed by atoms with Gasteiger partial charge in [-0.2, -0.15) is 0 Å². The molecule has 212 valence electrons. The number of rotatable bonds is 4. The molecule has 12 heteroatoms. The average molecular weight is 582 g/mol. The van der Waals surface area contributed by atoms with Crippen LogP contribution in [0.5, 0.6) is 11.5 Å². The fourth-order valence-corrected chi connectivity index (χ4v) is 5.28. The summed E-state index contributed by atoms with van der Waals surface area (Å²) in [4.78, 5) is 42.1. The number of hydrogen-bond donors (Lipinski definition) is 2. The van der Waals surface area contributed by atoms with Gasteiger partial charge in [0.2, 0.25) is 0 Å². The van der Waals surface area contributed by atoms with Gasteiger partial charge in [-0.05, 0) is 65.2 Å². The number of carbonyl (C=O) groups is 2. The van der Waals surface area contributed by atoms with E-state index in [2.05, 4.69) is 10.3 Å². The van der Waals surface area contributed by atoms with E-state index in [9.17, 15) is 14.4 Å². The van der Waals surface area contributed by atoms with Crippen molar-refractivity contribution >= 4 is 40.9 Å². The summed E-state index contributed by atoms with van der Waals surface area (Å²) in [5, 5.41) is 2.95. The van der Waals surface area contributed by atoms with Gasteiger partial charge in [-0.15, -0.1) is 0 Å². The summed E-state index contributed by atoms with van der Waals surface area (Å²) in [6, 6.07) is 2.94. The molecule has 3 atom stereocenters. The number of amides is 2. The zero-order chi connectivity index (χ0) is 28.9. The van der Waals surface area contributed by atoms with Gasteiger partial charge in [0.25, 0.3) is 17.3 Å². The first-order valence-corrected chi connectivity index (χ1v) is 13.3. The van der Waals surface area contributed by atoms with Crippen LogP contribution in [0.3, 0.4) is 0 Å². The number of carbonyl (C=O) groups excluding carboxylic acids is 2. The second kappa shape index (κ2) is 10.6. The standard InChI is InChI=1S/C27H33Cl2N3O7/c1-13-10-14(2)30-23(33)20(13)32(7)24(34)16-11-17(28)21-22(19(16)29)38-27(6,37-21)18-9-8-15(12-36-18)31-25(35)39-26(3,4)5/h10-11,15,18H,8-9,12H2,1-7H3,(H,30,33)(H,31,35)/t15-,18+,27?/m1/s1. The maximum atomic E-state index is 13.4. The molecule has 0 bridgehead atoms. The van der Waals surface area contributed by atoms with Crippen molar-refractivity contribution in [3.8, 4) is 11.5 Å². The van der Waals surface area contributed by atoms with E-state index >= 15 is 0 Å². The second-order valence-corrected chi connectivity index (χ2v) is 11.8. The molecule has 1 aromatic carbocycles. The minimum absolute atomic E-state index is 0.0106. The summed E-state index contributed by atoms with van der Waals surface area (Å²) >= 11 is 13.2. The van der Waals surface area contributed by atoms with Crippen LogP contribution in [0.2, 0.25) is 10.0 Å². The SMILES string of the molecule is Cc1cc(C)c(N(C)C(=O)c2cc(Cl)c3c(c2Cl)OC(C)([C@@H]2CC[C@@H](NC(=O)OC(C)(C)C)CO2)O3)c(=O)[nH]1. The zero-order valence-corrected chi connectivity index (χ0v) is 24.5. The molecule has 2 amide bonds. The fraction of sp³-hybridized carbons (Fsp3) is 0.519. The van der Waals surface area contributed by atoms with Crippen molar-refractivity contribution in [2.24, 2.45) is 0 Å². The Morgan fingerprint density at radius 3 is 2.41 bits per heavy atom. The molecule has 1 saturated heterocycles. The van der Waals surface area contributed by atoms with Crippen molar-refractivity contribution in [2.45, 2.75) is 77.9 Å². The highest BCUT2D eigenvalue weighted by Gasteiger charge is 2.49. The van der Waals surface area contributed by atoms with Crippen LogP contribution in [0.1, 0.15) is 62.2 Å². The number of ether oxygens (including phenoxy) is 4. The highest BCUT2D eigenvalue weighted by Crippen LogP contribution is 2.52. The highest BCUT2D eigenvalue weighted by molar-refractivity contribution is 6.39. The van der Waals surface area contributed by atoms with Gasteiger partial charge >= 0.3 is 6.09 Å². The monoisotopic (exact) mass is 581 g/mol. The molecular weight excluding hydrogens is 549 g/mol. The average Bonchev–Trinajstić information content (AvgIpc) is 3.19. The molecule has 3 heterocycles. The van der Waals surface area contributed by atoms with Gasteiger partial charge in [-0.1, -0.05) is 23.2 Å². The van der Waals surface area contributed by atoms with Gasteiger partial charge in [-0.3, -0.25) is 9.59 Å². The second-order valence-electron chi connectivity index (χ2n) is 11.0. The Labute approximate surface area is 236 Å². The van der Waals surface area contributed by atoms with Gasteiger partial charge in [0.1, 0.15) is 17.4 Å². The zero-order valence-electron chi connectivity index (χ0n) is 23.0. The third-order valence-corrected chi connectivity index (χ3v) is 7.18. The Hall–Kier alpha value is -2.95. The molecule has 2 aliphatic heterocycles. The lowest BCUT2D eigenvalue weighted by molar-refractivity contribution is -0.185. The summed E-state index contributed by atoms with van der Waals surface area (Å²) in [5.74, 6) is -1.49. The van der Waals surface area contributed by atoms with Gasteiger partial charge in [0.05, 0.1) is 28.3 Å². The summed E-state index contributed by atoms with van der Waals surface area (Å²) in [6.07, 6.45) is 0.0853. The van der Waals surface area contributed by atoms with Crippen molar-refractivity contribution < 1.29 is 28.5 Å². The topological polar surface area (TPSA) is 119 Å². The van der Waals surface area contributed by atoms with Crippen LogP contribution in [0.4, 0.5) is 10.5 Å². The van der Waals surface area contributed by atoms with E-state index in [1.807, 2.05) is 0 Å². The largest absolute Gasteiger partial charge is 0.444 e. The number of pyridine rings is 1. The normalized spacial score (nSPS) is 22.4. The molecule has 2 aliphatic rings. The number of halogens is 2. The lowest BCUT2D eigenvalue weighted by Crippen LogP contribution is -2.54. The number of aromatic amines is 1. The van der Waals surface area contributed by atoms with E-state index in [1.54, 1.807) is 47.6 Å². The number of alkyl carbamates (subject to hydrolysis) is 1. The van der Waals surface area contributed by atoms with Crippen LogP contribution < -0.4 is 25.2 Å². The smallest absolute Gasteiger partial charge is 0.407 e. The number of aryl methyl sites for hydroxylation is 2. The van der Waals surface area contributed by atoms with Crippen molar-refractivity contribution in [3.05, 3.63) is 49.4 Å². The Kier molecular flexibility index (Phi) is 7.86. The Balaban J connectivity index is 1.50. The van der Waals surface area contributed by atoms with E-state index < -0.39 is 35.1 Å². The fourth-order valence-electron chi connectivity index (χ4n) is 4.78. The number of nitrogens with zero attached hydrogens (tertiary/aromatic N) is 1. The van der Waals surface area contributed by atoms with Gasteiger partial charge in [0.15, 0.2) is 11.5 Å². The number of anilines is 1. The first-order chi connectivity index (χ1) is 18.1. The van der Waals surface area contributed by atoms with Crippen LogP contribution in [0.15, 0.2) is 16.9 Å². The maximum absolute atomic E-state index is 13.4. The van der Waals surface area contributed by atoms with E-state index in [4.69, 9.17) is 42.1 Å². The first-order valence-electron chi connectivity index (χ1n) is 12.6. The van der Waals surface area contributed by atoms with Crippen LogP contribution in [-0.2, 0) is 9.47 Å². The molecular formula is C27H33Cl2N3O7. The number of aromatic nitrogens is 1. The predicted molar refractivity (Wildman–Crippen MR) is 148 cm³/mol. The minimum atomic E-state index is -1.27. The van der Waals surface area contributed by atoms with Crippen LogP contribution >= 0.6 is 23.2 Å². The number of H-pyrrole nitrogens is 1. The Morgan fingerprint density at radius 1 is 1.15 bits per heavy atom. The van der Waals surface area contributed by atoms with Crippen molar-refractivity contribution in [1.29, 1.82) is 0 Å². The third-order valence-electron chi connectivity index (χ3n) is 6.52. The van der Waals surface area contributed by atoms with Crippen molar-refractivity contribution in [3.63, 3.8) is 0 Å². The van der Waals surface area contributed by atoms with Crippen LogP contribution in [0, 0.1) is 13.8 Å². The highest BCUT2D eigenvalue weighted by atomic mass is 35.5. The van der Waals surface area contributed by atoms with E-state index in [-0.39, 0.29) is 45.4 Å². The molecule has 1 unspecified atom stereocenters. The molecule has 0 saturated carbocycles. The molecule has 2 N–H and O–H groups in total. The Bertz CT molecular complexity index is 1360. The van der Waals surface area contributed by atoms with Gasteiger partial charge < -0.3 is 34.1 Å². The number of nitrogens with one attached hydrogen (secondary N) is 2. The molecule has 10 nitrogen and oxygen atoms in total. The molecule has 39 heavy (non-hydrogen) atoms. The molecule has 0 aliphatic carbocycles. The summed E-state index contributed by atoms with van der Waals surface area (Å²) < 4.78 is 23.6. The predicted octanol–water partition coefficient (Wildman–Crippen LogP) is 5.13. The molecule has 0 radical (unpaired) electrons. The molecule has 4 rings (SSSR count). The number of hydrogen-bond acceptors (Lipinski definition) is 7. The lowest BCUT2D eigenvalue weighted by Gasteiger charge is -2.37. The lowest BCUT2D eigenvalue weighted by atomic mass is 9.99. The van der Waals surface area contributed by atoms with Gasteiger partial charge in [-0.25, -0.2) is 4.79 Å². The summed E-state index contributed by atoms with van der Waals surface area (Å²) in [5.41, 5.74) is 0.577. The van der Waals surface area contributed by atoms with Gasteiger partial charge in [0, 0.05) is 19.7 Å². The number of fused-ring (bicyclic) bond motifs is 1. The molecule has 2 aromatic rings.